The number of H-pyrrole nitrogens is 1. The maximum absolute atomic E-state index is 11.5. The number of hydrogen-bond donors (Lipinski definition) is 2. The lowest BCUT2D eigenvalue weighted by molar-refractivity contribution is 0.0697. The fourth-order valence-electron chi connectivity index (χ4n) is 4.94. The first-order valence-corrected chi connectivity index (χ1v) is 11.8. The number of benzene rings is 2. The molecule has 7 heteroatoms. The summed E-state index contributed by atoms with van der Waals surface area (Å²) in [5, 5.41) is 11.2. The molecule has 1 saturated heterocycles. The van der Waals surface area contributed by atoms with Gasteiger partial charge in [0, 0.05) is 60.4 Å². The fraction of sp³-hybridized carbons (Fsp3) is 0.333. The summed E-state index contributed by atoms with van der Waals surface area (Å²) in [6, 6.07) is 12.7. The average Bonchev–Trinajstić information content (AvgIpc) is 3.24. The molecule has 3 heterocycles. The number of unbranched alkanes of at least 4 members (excludes halogenated alkanes) is 1. The Balaban J connectivity index is 1.12. The largest absolute Gasteiger partial charge is 0.478 e. The molecule has 0 saturated carbocycles. The van der Waals surface area contributed by atoms with Crippen molar-refractivity contribution in [1.82, 2.24) is 9.88 Å². The number of aromatic carboxylic acids is 1. The van der Waals surface area contributed by atoms with Gasteiger partial charge in [0.2, 0.25) is 0 Å². The van der Waals surface area contributed by atoms with Crippen molar-refractivity contribution < 1.29 is 14.3 Å². The van der Waals surface area contributed by atoms with Crippen molar-refractivity contribution in [2.75, 3.05) is 37.6 Å². The normalized spacial score (nSPS) is 14.8. The molecule has 5 rings (SSSR count). The summed E-state index contributed by atoms with van der Waals surface area (Å²) < 4.78 is 5.31. The minimum absolute atomic E-state index is 0.311. The first kappa shape index (κ1) is 22.2. The van der Waals surface area contributed by atoms with Crippen LogP contribution in [0.25, 0.3) is 21.9 Å². The number of piperazine rings is 1. The number of nitrogens with zero attached hydrogens (tertiary/aromatic N) is 2. The van der Waals surface area contributed by atoms with Crippen LogP contribution in [0.2, 0.25) is 0 Å². The smallest absolute Gasteiger partial charge is 0.336 e. The zero-order valence-corrected chi connectivity index (χ0v) is 19.3. The van der Waals surface area contributed by atoms with Crippen LogP contribution in [0.3, 0.4) is 0 Å². The first-order chi connectivity index (χ1) is 16.5. The van der Waals surface area contributed by atoms with Gasteiger partial charge < -0.3 is 19.4 Å². The molecule has 1 aliphatic heterocycles. The molecule has 0 aliphatic carbocycles. The third kappa shape index (κ3) is 4.56. The molecule has 1 aliphatic rings. The lowest BCUT2D eigenvalue weighted by Crippen LogP contribution is -2.46. The average molecular weight is 460 g/mol. The molecule has 2 N–H and O–H groups in total. The van der Waals surface area contributed by atoms with Crippen LogP contribution in [0.5, 0.6) is 0 Å². The van der Waals surface area contributed by atoms with Gasteiger partial charge in [0.05, 0.1) is 5.56 Å². The molecule has 2 aromatic heterocycles. The molecule has 176 valence electrons. The quantitative estimate of drug-likeness (QED) is 0.314. The van der Waals surface area contributed by atoms with Crippen LogP contribution in [0, 0.1) is 6.92 Å². The maximum Gasteiger partial charge on any atom is 0.336 e. The molecule has 0 spiro atoms. The van der Waals surface area contributed by atoms with Crippen LogP contribution in [-0.2, 0) is 6.42 Å². The van der Waals surface area contributed by atoms with Gasteiger partial charge in [0.25, 0.3) is 0 Å². The topological polar surface area (TPSA) is 89.8 Å². The number of aromatic amines is 1. The van der Waals surface area contributed by atoms with Crippen molar-refractivity contribution in [1.29, 1.82) is 0 Å². The second-order valence-corrected chi connectivity index (χ2v) is 9.10. The molecule has 7 nitrogen and oxygen atoms in total. The number of hydrogen-bond acceptors (Lipinski definition) is 5. The van der Waals surface area contributed by atoms with Gasteiger partial charge in [-0.15, -0.1) is 0 Å². The summed E-state index contributed by atoms with van der Waals surface area (Å²) in [4.78, 5) is 30.8. The lowest BCUT2D eigenvalue weighted by Gasteiger charge is -2.37. The van der Waals surface area contributed by atoms with Crippen LogP contribution >= 0.6 is 0 Å². The number of aromatic nitrogens is 1. The summed E-state index contributed by atoms with van der Waals surface area (Å²) in [6.45, 7) is 7.19. The lowest BCUT2D eigenvalue weighted by atomic mass is 10.1. The number of rotatable bonds is 7. The second kappa shape index (κ2) is 9.35. The molecule has 0 bridgehead atoms. The van der Waals surface area contributed by atoms with Gasteiger partial charge in [-0.3, -0.25) is 4.90 Å². The van der Waals surface area contributed by atoms with Crippen LogP contribution in [0.4, 0.5) is 5.69 Å². The Hall–Kier alpha value is -3.58. The highest BCUT2D eigenvalue weighted by atomic mass is 16.4. The van der Waals surface area contributed by atoms with Crippen molar-refractivity contribution in [3.05, 3.63) is 75.8 Å². The van der Waals surface area contributed by atoms with Gasteiger partial charge in [0.15, 0.2) is 0 Å². The van der Waals surface area contributed by atoms with E-state index < -0.39 is 5.97 Å². The van der Waals surface area contributed by atoms with Crippen LogP contribution in [-0.4, -0.2) is 53.7 Å². The highest BCUT2D eigenvalue weighted by Gasteiger charge is 2.19. The number of aryl methyl sites for hydroxylation is 2. The molecule has 4 aromatic rings. The highest BCUT2D eigenvalue weighted by molar-refractivity contribution is 5.94. The van der Waals surface area contributed by atoms with Crippen molar-refractivity contribution in [3.63, 3.8) is 0 Å². The minimum atomic E-state index is -0.901. The molecular weight excluding hydrogens is 430 g/mol. The standard InChI is InChI=1S/C27H29N3O4/c1-18-14-25-19(6-8-26(31)34-25)16-24(18)30-12-10-29(11-13-30)9-3-2-4-21-17-28-23-15-20(27(32)33)5-7-22(21)23/h5-8,14-17,28H,2-4,9-13H2,1H3,(H,32,33). The van der Waals surface area contributed by atoms with E-state index in [1.807, 2.05) is 24.4 Å². The Morgan fingerprint density at radius 3 is 2.68 bits per heavy atom. The molecular formula is C27H29N3O4. The van der Waals surface area contributed by atoms with E-state index in [-0.39, 0.29) is 5.63 Å². The summed E-state index contributed by atoms with van der Waals surface area (Å²) >= 11 is 0. The Labute approximate surface area is 197 Å². The number of carboxylic acids is 1. The first-order valence-electron chi connectivity index (χ1n) is 11.8. The van der Waals surface area contributed by atoms with Gasteiger partial charge in [-0.25, -0.2) is 9.59 Å². The molecule has 0 atom stereocenters. The van der Waals surface area contributed by atoms with Crippen molar-refractivity contribution in [2.45, 2.75) is 26.2 Å². The van der Waals surface area contributed by atoms with Gasteiger partial charge in [-0.2, -0.15) is 0 Å². The molecule has 2 aromatic carbocycles. The van der Waals surface area contributed by atoms with E-state index in [2.05, 4.69) is 27.8 Å². The number of nitrogens with one attached hydrogen (secondary N) is 1. The summed E-state index contributed by atoms with van der Waals surface area (Å²) in [5.74, 6) is -0.901. The minimum Gasteiger partial charge on any atom is -0.478 e. The Morgan fingerprint density at radius 2 is 1.88 bits per heavy atom. The SMILES string of the molecule is Cc1cc2oc(=O)ccc2cc1N1CCN(CCCCc2c[nH]c3cc(C(=O)O)ccc23)CC1. The van der Waals surface area contributed by atoms with E-state index in [1.54, 1.807) is 12.1 Å². The number of carbonyl (C=O) groups is 1. The zero-order valence-electron chi connectivity index (χ0n) is 19.3. The van der Waals surface area contributed by atoms with E-state index in [4.69, 9.17) is 9.52 Å². The summed E-state index contributed by atoms with van der Waals surface area (Å²) in [6.07, 6.45) is 5.22. The van der Waals surface area contributed by atoms with Gasteiger partial charge in [-0.1, -0.05) is 6.07 Å². The third-order valence-corrected chi connectivity index (χ3v) is 6.84. The van der Waals surface area contributed by atoms with Gasteiger partial charge in [0.1, 0.15) is 5.58 Å². The number of carboxylic acid groups (broad SMARTS) is 1. The summed E-state index contributed by atoms with van der Waals surface area (Å²) in [7, 11) is 0. The predicted molar refractivity (Wildman–Crippen MR) is 134 cm³/mol. The second-order valence-electron chi connectivity index (χ2n) is 9.10. The molecule has 1 fully saturated rings. The third-order valence-electron chi connectivity index (χ3n) is 6.84. The van der Waals surface area contributed by atoms with E-state index >= 15 is 0 Å². The number of anilines is 1. The fourth-order valence-corrected chi connectivity index (χ4v) is 4.94. The van der Waals surface area contributed by atoms with Crippen molar-refractivity contribution in [2.24, 2.45) is 0 Å². The monoisotopic (exact) mass is 459 g/mol. The number of fused-ring (bicyclic) bond motifs is 2. The van der Waals surface area contributed by atoms with E-state index in [0.717, 1.165) is 73.8 Å². The Bertz CT molecular complexity index is 1400. The van der Waals surface area contributed by atoms with E-state index in [0.29, 0.717) is 11.1 Å². The summed E-state index contributed by atoms with van der Waals surface area (Å²) in [5.41, 5.74) is 5.12. The highest BCUT2D eigenvalue weighted by Crippen LogP contribution is 2.27. The van der Waals surface area contributed by atoms with Gasteiger partial charge in [-0.05, 0) is 74.2 Å². The molecule has 0 unspecified atom stereocenters. The Kier molecular flexibility index (Phi) is 6.11. The van der Waals surface area contributed by atoms with Gasteiger partial charge >= 0.3 is 11.6 Å². The molecule has 0 amide bonds. The van der Waals surface area contributed by atoms with Crippen LogP contribution in [0.15, 0.2) is 57.9 Å². The molecule has 0 radical (unpaired) electrons. The maximum atomic E-state index is 11.5. The Morgan fingerprint density at radius 1 is 1.06 bits per heavy atom. The molecule has 34 heavy (non-hydrogen) atoms. The van der Waals surface area contributed by atoms with Crippen LogP contribution < -0.4 is 10.5 Å². The van der Waals surface area contributed by atoms with Crippen molar-refractivity contribution >= 4 is 33.5 Å². The predicted octanol–water partition coefficient (Wildman–Crippen LogP) is 4.43. The van der Waals surface area contributed by atoms with Crippen LogP contribution in [0.1, 0.15) is 34.3 Å². The van der Waals surface area contributed by atoms with Crippen molar-refractivity contribution in [3.8, 4) is 0 Å². The zero-order chi connectivity index (χ0) is 23.7. The van der Waals surface area contributed by atoms with E-state index in [9.17, 15) is 9.59 Å². The van der Waals surface area contributed by atoms with E-state index in [1.165, 1.54) is 17.3 Å².